The average Bonchev–Trinajstić information content (AvgIpc) is 3.10. The summed E-state index contributed by atoms with van der Waals surface area (Å²) in [6.07, 6.45) is 8.54. The molecular weight excluding hydrogens is 266 g/mol. The summed E-state index contributed by atoms with van der Waals surface area (Å²) in [6, 6.07) is 0. The second-order valence-corrected chi connectivity index (χ2v) is 4.86. The monoisotopic (exact) mass is 285 g/mol. The molecule has 3 heterocycles. The first-order valence-electron chi connectivity index (χ1n) is 6.98. The minimum Gasteiger partial charge on any atom is -0.372 e. The molecule has 0 saturated heterocycles. The zero-order chi connectivity index (χ0) is 14.8. The molecule has 7 heteroatoms. The molecule has 0 aliphatic rings. The molecular formula is C14H19N7. The Labute approximate surface area is 123 Å². The maximum absolute atomic E-state index is 4.54. The summed E-state index contributed by atoms with van der Waals surface area (Å²) in [5, 5.41) is 10.9. The van der Waals surface area contributed by atoms with Crippen molar-refractivity contribution in [2.75, 3.05) is 17.7 Å². The van der Waals surface area contributed by atoms with Crippen LogP contribution in [0.3, 0.4) is 0 Å². The van der Waals surface area contributed by atoms with Gasteiger partial charge < -0.3 is 15.0 Å². The van der Waals surface area contributed by atoms with Crippen molar-refractivity contribution in [3.63, 3.8) is 0 Å². The van der Waals surface area contributed by atoms with Gasteiger partial charge in [0, 0.05) is 44.8 Å². The first-order valence-corrected chi connectivity index (χ1v) is 6.98. The Morgan fingerprint density at radius 1 is 1.29 bits per heavy atom. The molecule has 3 aromatic rings. The van der Waals surface area contributed by atoms with Gasteiger partial charge in [0.2, 0.25) is 0 Å². The number of hydrogen-bond acceptors (Lipinski definition) is 5. The van der Waals surface area contributed by atoms with Gasteiger partial charge in [0.15, 0.2) is 11.5 Å². The number of nitrogens with one attached hydrogen (secondary N) is 2. The van der Waals surface area contributed by atoms with Gasteiger partial charge in [0.05, 0.1) is 11.9 Å². The molecule has 110 valence electrons. The summed E-state index contributed by atoms with van der Waals surface area (Å²) in [5.74, 6) is 1.56. The van der Waals surface area contributed by atoms with Crippen LogP contribution in [0.4, 0.5) is 11.6 Å². The molecule has 0 fully saturated rings. The molecule has 0 unspecified atom stereocenters. The Morgan fingerprint density at radius 3 is 2.90 bits per heavy atom. The Balaban J connectivity index is 1.89. The van der Waals surface area contributed by atoms with Crippen molar-refractivity contribution in [2.45, 2.75) is 19.9 Å². The van der Waals surface area contributed by atoms with E-state index in [-0.39, 0.29) is 0 Å². The predicted octanol–water partition coefficient (Wildman–Crippen LogP) is 1.68. The van der Waals surface area contributed by atoms with Gasteiger partial charge in [-0.1, -0.05) is 6.92 Å². The lowest BCUT2D eigenvalue weighted by molar-refractivity contribution is 0.746. The molecule has 0 spiro atoms. The van der Waals surface area contributed by atoms with Crippen molar-refractivity contribution in [3.05, 3.63) is 36.0 Å². The van der Waals surface area contributed by atoms with Crippen LogP contribution in [0.1, 0.15) is 18.2 Å². The summed E-state index contributed by atoms with van der Waals surface area (Å²) < 4.78 is 3.80. The molecule has 7 nitrogen and oxygen atoms in total. The number of rotatable bonds is 5. The second kappa shape index (κ2) is 5.43. The number of imidazole rings is 1. The van der Waals surface area contributed by atoms with E-state index < -0.39 is 0 Å². The Bertz CT molecular complexity index is 756. The fraction of sp³-hybridized carbons (Fsp3) is 0.357. The fourth-order valence-electron chi connectivity index (χ4n) is 2.38. The second-order valence-electron chi connectivity index (χ2n) is 4.86. The number of anilines is 2. The molecule has 0 atom stereocenters. The molecule has 0 saturated carbocycles. The highest BCUT2D eigenvalue weighted by Gasteiger charge is 2.09. The van der Waals surface area contributed by atoms with Crippen LogP contribution in [-0.2, 0) is 20.0 Å². The van der Waals surface area contributed by atoms with Crippen molar-refractivity contribution >= 4 is 17.3 Å². The van der Waals surface area contributed by atoms with Crippen LogP contribution in [0.25, 0.3) is 5.65 Å². The summed E-state index contributed by atoms with van der Waals surface area (Å²) in [5.41, 5.74) is 3.10. The Morgan fingerprint density at radius 2 is 2.14 bits per heavy atom. The third-order valence-corrected chi connectivity index (χ3v) is 3.40. The van der Waals surface area contributed by atoms with E-state index in [9.17, 15) is 0 Å². The maximum Gasteiger partial charge on any atom is 0.180 e. The number of hydrogen-bond donors (Lipinski definition) is 2. The largest absolute Gasteiger partial charge is 0.372 e. The lowest BCUT2D eigenvalue weighted by atomic mass is 10.2. The number of fused-ring (bicyclic) bond motifs is 1. The van der Waals surface area contributed by atoms with Crippen molar-refractivity contribution in [1.82, 2.24) is 24.1 Å². The van der Waals surface area contributed by atoms with Crippen molar-refractivity contribution in [1.29, 1.82) is 0 Å². The van der Waals surface area contributed by atoms with Crippen molar-refractivity contribution in [3.8, 4) is 0 Å². The van der Waals surface area contributed by atoms with Crippen LogP contribution in [-0.4, -0.2) is 31.2 Å². The molecule has 0 radical (unpaired) electrons. The summed E-state index contributed by atoms with van der Waals surface area (Å²) in [7, 11) is 3.79. The molecule has 3 rings (SSSR count). The summed E-state index contributed by atoms with van der Waals surface area (Å²) in [4.78, 5) is 8.88. The minimum atomic E-state index is 0.680. The van der Waals surface area contributed by atoms with Gasteiger partial charge in [-0.15, -0.1) is 0 Å². The SMILES string of the molecule is CCc1nn(C)cc1CNc1nc(NC)cn2ccnc12. The fourth-order valence-corrected chi connectivity index (χ4v) is 2.38. The van der Waals surface area contributed by atoms with E-state index in [4.69, 9.17) is 0 Å². The minimum absolute atomic E-state index is 0.680. The van der Waals surface area contributed by atoms with E-state index in [1.165, 1.54) is 5.56 Å². The standard InChI is InChI=1S/C14H19N7/c1-4-11-10(8-20(3)19-11)7-17-13-14-16-5-6-21(14)9-12(15-2)18-13/h5-6,8-9,15H,4,7H2,1-3H3,(H,17,18). The highest BCUT2D eigenvalue weighted by atomic mass is 15.3. The third-order valence-electron chi connectivity index (χ3n) is 3.40. The smallest absolute Gasteiger partial charge is 0.180 e. The first kappa shape index (κ1) is 13.4. The number of aromatic nitrogens is 5. The Kier molecular flexibility index (Phi) is 3.47. The summed E-state index contributed by atoms with van der Waals surface area (Å²) in [6.45, 7) is 2.79. The van der Waals surface area contributed by atoms with Crippen molar-refractivity contribution in [2.24, 2.45) is 7.05 Å². The van der Waals surface area contributed by atoms with E-state index in [0.717, 1.165) is 29.4 Å². The van der Waals surface area contributed by atoms with E-state index in [1.807, 2.05) is 41.8 Å². The lowest BCUT2D eigenvalue weighted by Gasteiger charge is -2.09. The normalized spacial score (nSPS) is 11.0. The van der Waals surface area contributed by atoms with Gasteiger partial charge in [-0.05, 0) is 6.42 Å². The summed E-state index contributed by atoms with van der Waals surface area (Å²) >= 11 is 0. The van der Waals surface area contributed by atoms with Crippen molar-refractivity contribution < 1.29 is 0 Å². The zero-order valence-corrected chi connectivity index (χ0v) is 12.5. The molecule has 0 aromatic carbocycles. The third kappa shape index (κ3) is 2.54. The van der Waals surface area contributed by atoms with Gasteiger partial charge in [-0.3, -0.25) is 4.68 Å². The Hall–Kier alpha value is -2.57. The van der Waals surface area contributed by atoms with Gasteiger partial charge >= 0.3 is 0 Å². The molecule has 3 aromatic heterocycles. The van der Waals surface area contributed by atoms with E-state index in [1.54, 1.807) is 6.20 Å². The molecule has 0 amide bonds. The predicted molar refractivity (Wildman–Crippen MR) is 82.4 cm³/mol. The van der Waals surface area contributed by atoms with Crippen LogP contribution >= 0.6 is 0 Å². The topological polar surface area (TPSA) is 72.1 Å². The van der Waals surface area contributed by atoms with Crippen LogP contribution < -0.4 is 10.6 Å². The first-order chi connectivity index (χ1) is 10.2. The average molecular weight is 285 g/mol. The molecule has 0 bridgehead atoms. The lowest BCUT2D eigenvalue weighted by Crippen LogP contribution is -2.07. The maximum atomic E-state index is 4.54. The molecule has 21 heavy (non-hydrogen) atoms. The molecule has 0 aliphatic heterocycles. The number of aryl methyl sites for hydroxylation is 2. The van der Waals surface area contributed by atoms with Crippen LogP contribution in [0.5, 0.6) is 0 Å². The van der Waals surface area contributed by atoms with E-state index in [0.29, 0.717) is 6.54 Å². The highest BCUT2D eigenvalue weighted by molar-refractivity contribution is 5.65. The number of nitrogens with zero attached hydrogens (tertiary/aromatic N) is 5. The van der Waals surface area contributed by atoms with Crippen LogP contribution in [0.2, 0.25) is 0 Å². The van der Waals surface area contributed by atoms with E-state index in [2.05, 4.69) is 32.6 Å². The molecule has 2 N–H and O–H groups in total. The highest BCUT2D eigenvalue weighted by Crippen LogP contribution is 2.17. The van der Waals surface area contributed by atoms with Crippen LogP contribution in [0, 0.1) is 0 Å². The van der Waals surface area contributed by atoms with Gasteiger partial charge in [0.1, 0.15) is 5.82 Å². The van der Waals surface area contributed by atoms with Gasteiger partial charge in [0.25, 0.3) is 0 Å². The van der Waals surface area contributed by atoms with Crippen LogP contribution in [0.15, 0.2) is 24.8 Å². The van der Waals surface area contributed by atoms with E-state index >= 15 is 0 Å². The quantitative estimate of drug-likeness (QED) is 0.746. The zero-order valence-electron chi connectivity index (χ0n) is 12.5. The molecule has 0 aliphatic carbocycles. The van der Waals surface area contributed by atoms with Gasteiger partial charge in [-0.25, -0.2) is 9.97 Å². The van der Waals surface area contributed by atoms with Gasteiger partial charge in [-0.2, -0.15) is 5.10 Å².